The van der Waals surface area contributed by atoms with Gasteiger partial charge in [-0.1, -0.05) is 47.5 Å². The van der Waals surface area contributed by atoms with Crippen molar-refractivity contribution in [2.45, 2.75) is 6.92 Å². The van der Waals surface area contributed by atoms with Gasteiger partial charge in [0.2, 0.25) is 0 Å². The predicted molar refractivity (Wildman–Crippen MR) is 99.0 cm³/mol. The predicted octanol–water partition coefficient (Wildman–Crippen LogP) is 5.48. The molecule has 0 atom stereocenters. The van der Waals surface area contributed by atoms with E-state index in [2.05, 4.69) is 11.1 Å². The van der Waals surface area contributed by atoms with E-state index in [1.54, 1.807) is 18.2 Å². The molecule has 118 valence electrons. The Kier molecular flexibility index (Phi) is 4.44. The average molecular weight is 354 g/mol. The van der Waals surface area contributed by atoms with E-state index in [1.165, 1.54) is 0 Å². The van der Waals surface area contributed by atoms with Gasteiger partial charge in [-0.05, 0) is 42.3 Å². The summed E-state index contributed by atoms with van der Waals surface area (Å²) in [6.07, 6.45) is 0. The second-order valence-electron chi connectivity index (χ2n) is 5.35. The minimum absolute atomic E-state index is 0.197. The molecule has 0 aliphatic rings. The third kappa shape index (κ3) is 2.94. The summed E-state index contributed by atoms with van der Waals surface area (Å²) in [6.45, 7) is 1.92. The molecule has 0 saturated carbocycles. The zero-order valence-corrected chi connectivity index (χ0v) is 14.4. The van der Waals surface area contributed by atoms with Gasteiger partial charge < -0.3 is 5.73 Å². The fourth-order valence-electron chi connectivity index (χ4n) is 2.70. The second-order valence-corrected chi connectivity index (χ2v) is 6.22. The first-order valence-electron chi connectivity index (χ1n) is 7.23. The summed E-state index contributed by atoms with van der Waals surface area (Å²) in [5.41, 5.74) is 10.5. The topological polar surface area (TPSA) is 62.7 Å². The zero-order chi connectivity index (χ0) is 17.3. The number of nitrogen functional groups attached to an aromatic ring is 1. The molecule has 0 unspecified atom stereocenters. The molecule has 0 fully saturated rings. The van der Waals surface area contributed by atoms with Gasteiger partial charge in [-0.25, -0.2) is 4.98 Å². The number of benzene rings is 2. The molecule has 0 radical (unpaired) electrons. The number of nitrogens with zero attached hydrogens (tertiary/aromatic N) is 2. The lowest BCUT2D eigenvalue weighted by Gasteiger charge is -2.15. The first-order chi connectivity index (χ1) is 11.5. The average Bonchev–Trinajstić information content (AvgIpc) is 2.57. The van der Waals surface area contributed by atoms with Crippen LogP contribution in [0.1, 0.15) is 11.1 Å². The molecular formula is C19H13Cl2N3. The summed E-state index contributed by atoms with van der Waals surface area (Å²) in [5, 5.41) is 10.8. The molecule has 0 amide bonds. The molecule has 0 aliphatic carbocycles. The van der Waals surface area contributed by atoms with Crippen molar-refractivity contribution in [1.29, 1.82) is 5.26 Å². The fourth-order valence-corrected chi connectivity index (χ4v) is 3.02. The smallest absolute Gasteiger partial charge is 0.142 e. The van der Waals surface area contributed by atoms with Crippen LogP contribution >= 0.6 is 23.2 Å². The molecule has 1 heterocycles. The Morgan fingerprint density at radius 1 is 1.00 bits per heavy atom. The van der Waals surface area contributed by atoms with E-state index in [0.717, 1.165) is 27.9 Å². The molecule has 2 aromatic carbocycles. The first-order valence-corrected chi connectivity index (χ1v) is 7.99. The molecule has 1 aromatic heterocycles. The number of halogens is 2. The number of pyridine rings is 1. The van der Waals surface area contributed by atoms with Crippen LogP contribution in [0.4, 0.5) is 5.82 Å². The molecule has 2 N–H and O–H groups in total. The Balaban J connectivity index is 2.32. The van der Waals surface area contributed by atoms with Gasteiger partial charge in [-0.3, -0.25) is 0 Å². The van der Waals surface area contributed by atoms with E-state index < -0.39 is 0 Å². The van der Waals surface area contributed by atoms with Gasteiger partial charge >= 0.3 is 0 Å². The molecular weight excluding hydrogens is 341 g/mol. The van der Waals surface area contributed by atoms with E-state index in [0.29, 0.717) is 15.6 Å². The van der Waals surface area contributed by atoms with Gasteiger partial charge in [-0.15, -0.1) is 0 Å². The van der Waals surface area contributed by atoms with E-state index in [9.17, 15) is 5.26 Å². The largest absolute Gasteiger partial charge is 0.383 e. The number of anilines is 1. The number of rotatable bonds is 2. The summed E-state index contributed by atoms with van der Waals surface area (Å²) < 4.78 is 0. The maximum absolute atomic E-state index is 9.53. The lowest BCUT2D eigenvalue weighted by molar-refractivity contribution is 1.26. The summed E-state index contributed by atoms with van der Waals surface area (Å²) in [4.78, 5) is 4.43. The second kappa shape index (κ2) is 6.52. The molecule has 3 rings (SSSR count). The highest BCUT2D eigenvalue weighted by Gasteiger charge is 2.18. The maximum Gasteiger partial charge on any atom is 0.142 e. The van der Waals surface area contributed by atoms with Crippen molar-refractivity contribution in [3.63, 3.8) is 0 Å². The van der Waals surface area contributed by atoms with E-state index in [-0.39, 0.29) is 5.82 Å². The van der Waals surface area contributed by atoms with Crippen LogP contribution in [0, 0.1) is 18.3 Å². The molecule has 0 spiro atoms. The summed E-state index contributed by atoms with van der Waals surface area (Å²) in [7, 11) is 0. The van der Waals surface area contributed by atoms with Crippen molar-refractivity contribution in [2.75, 3.05) is 5.73 Å². The van der Waals surface area contributed by atoms with Crippen LogP contribution in [0.15, 0.2) is 48.5 Å². The highest BCUT2D eigenvalue weighted by molar-refractivity contribution is 6.31. The van der Waals surface area contributed by atoms with E-state index >= 15 is 0 Å². The molecule has 3 aromatic rings. The van der Waals surface area contributed by atoms with E-state index in [1.807, 2.05) is 37.3 Å². The number of aromatic nitrogens is 1. The van der Waals surface area contributed by atoms with Crippen molar-refractivity contribution in [3.05, 3.63) is 69.7 Å². The van der Waals surface area contributed by atoms with Gasteiger partial charge in [-0.2, -0.15) is 5.26 Å². The van der Waals surface area contributed by atoms with Crippen LogP contribution in [0.2, 0.25) is 10.0 Å². The minimum atomic E-state index is 0.197. The Labute approximate surface area is 150 Å². The quantitative estimate of drug-likeness (QED) is 0.662. The van der Waals surface area contributed by atoms with Crippen molar-refractivity contribution < 1.29 is 0 Å². The fraction of sp³-hybridized carbons (Fsp3) is 0.0526. The van der Waals surface area contributed by atoms with Gasteiger partial charge in [0.15, 0.2) is 0 Å². The van der Waals surface area contributed by atoms with Crippen LogP contribution in [-0.2, 0) is 0 Å². The van der Waals surface area contributed by atoms with Crippen molar-refractivity contribution in [3.8, 4) is 28.5 Å². The number of nitrogens with two attached hydrogens (primary N) is 1. The van der Waals surface area contributed by atoms with Crippen LogP contribution < -0.4 is 5.73 Å². The van der Waals surface area contributed by atoms with Gasteiger partial charge in [0.25, 0.3) is 0 Å². The van der Waals surface area contributed by atoms with E-state index in [4.69, 9.17) is 28.9 Å². The molecule has 5 heteroatoms. The maximum atomic E-state index is 9.53. The Morgan fingerprint density at radius 3 is 2.33 bits per heavy atom. The van der Waals surface area contributed by atoms with Crippen molar-refractivity contribution >= 4 is 29.0 Å². The van der Waals surface area contributed by atoms with Crippen LogP contribution in [0.3, 0.4) is 0 Å². The summed E-state index contributed by atoms with van der Waals surface area (Å²) in [6, 6.07) is 16.9. The summed E-state index contributed by atoms with van der Waals surface area (Å²) in [5.74, 6) is 0.197. The SMILES string of the molecule is Cc1c(-c2ccc(Cl)cc2)nc(N)c(C#N)c1-c1cccc(Cl)c1. The molecule has 0 bridgehead atoms. The van der Waals surface area contributed by atoms with Gasteiger partial charge in [0, 0.05) is 21.2 Å². The van der Waals surface area contributed by atoms with Gasteiger partial charge in [0.05, 0.1) is 5.69 Å². The van der Waals surface area contributed by atoms with Crippen LogP contribution in [0.5, 0.6) is 0 Å². The van der Waals surface area contributed by atoms with Crippen molar-refractivity contribution in [2.24, 2.45) is 0 Å². The molecule has 0 saturated heterocycles. The zero-order valence-electron chi connectivity index (χ0n) is 12.8. The Bertz CT molecular complexity index is 958. The Hall–Kier alpha value is -2.54. The van der Waals surface area contributed by atoms with Crippen LogP contribution in [-0.4, -0.2) is 4.98 Å². The molecule has 3 nitrogen and oxygen atoms in total. The molecule has 0 aliphatic heterocycles. The number of hydrogen-bond donors (Lipinski definition) is 1. The highest BCUT2D eigenvalue weighted by Crippen LogP contribution is 2.36. The summed E-state index contributed by atoms with van der Waals surface area (Å²) >= 11 is 12.1. The van der Waals surface area contributed by atoms with Crippen LogP contribution in [0.25, 0.3) is 22.4 Å². The normalized spacial score (nSPS) is 10.4. The van der Waals surface area contributed by atoms with Gasteiger partial charge in [0.1, 0.15) is 17.5 Å². The molecule has 24 heavy (non-hydrogen) atoms. The third-order valence-electron chi connectivity index (χ3n) is 3.81. The number of hydrogen-bond acceptors (Lipinski definition) is 3. The first kappa shape index (κ1) is 16.3. The highest BCUT2D eigenvalue weighted by atomic mass is 35.5. The standard InChI is InChI=1S/C19H13Cl2N3/c1-11-17(13-3-2-4-15(21)9-13)16(10-22)19(23)24-18(11)12-5-7-14(20)8-6-12/h2-9H,1H3,(H2,23,24). The lowest BCUT2D eigenvalue weighted by atomic mass is 9.93. The Morgan fingerprint density at radius 2 is 1.71 bits per heavy atom. The number of nitriles is 1. The van der Waals surface area contributed by atoms with Crippen molar-refractivity contribution in [1.82, 2.24) is 4.98 Å². The lowest BCUT2D eigenvalue weighted by Crippen LogP contribution is -2.03. The third-order valence-corrected chi connectivity index (χ3v) is 4.30. The minimum Gasteiger partial charge on any atom is -0.383 e. The monoisotopic (exact) mass is 353 g/mol.